The minimum atomic E-state index is -1.18. The number of nitrogens with zero attached hydrogens (tertiary/aromatic N) is 4. The number of aliphatic hydroxyl groups excluding tert-OH is 3. The molecule has 0 spiro atoms. The summed E-state index contributed by atoms with van der Waals surface area (Å²) in [7, 11) is 0. The second kappa shape index (κ2) is 5.36. The molecule has 2 saturated carbocycles. The normalized spacial score (nSPS) is 44.8. The van der Waals surface area contributed by atoms with E-state index in [4.69, 9.17) is 9.47 Å². The number of fused-ring (bicyclic) bond motifs is 6. The third-order valence-electron chi connectivity index (χ3n) is 6.64. The number of imidazole rings is 1. The van der Waals surface area contributed by atoms with E-state index in [-0.39, 0.29) is 18.2 Å². The van der Waals surface area contributed by atoms with Crippen LogP contribution >= 0.6 is 0 Å². The second-order valence-corrected chi connectivity index (χ2v) is 8.08. The average Bonchev–Trinajstić information content (AvgIpc) is 2.96. The van der Waals surface area contributed by atoms with Crippen molar-refractivity contribution in [3.05, 3.63) is 12.7 Å². The maximum Gasteiger partial charge on any atom is 0.167 e. The molecule has 2 aromatic heterocycles. The summed E-state index contributed by atoms with van der Waals surface area (Å²) in [6.45, 7) is -0.380. The Morgan fingerprint density at radius 2 is 2.11 bits per heavy atom. The zero-order valence-corrected chi connectivity index (χ0v) is 14.5. The minimum Gasteiger partial charge on any atom is -0.394 e. The Balaban J connectivity index is 1.35. The molecule has 4 N–H and O–H groups in total. The molecule has 10 heteroatoms. The van der Waals surface area contributed by atoms with Gasteiger partial charge in [-0.25, -0.2) is 15.0 Å². The Kier molecular flexibility index (Phi) is 3.20. The first kappa shape index (κ1) is 16.1. The van der Waals surface area contributed by atoms with E-state index < -0.39 is 24.5 Å². The number of nitrogens with one attached hydrogen (secondary N) is 1. The van der Waals surface area contributed by atoms with Gasteiger partial charge in [-0.3, -0.25) is 4.57 Å². The van der Waals surface area contributed by atoms with Crippen LogP contribution in [0.2, 0.25) is 0 Å². The van der Waals surface area contributed by atoms with Crippen LogP contribution < -0.4 is 5.32 Å². The molecular weight excluding hydrogens is 354 g/mol. The topological polar surface area (TPSA) is 138 Å². The van der Waals surface area contributed by atoms with Crippen LogP contribution in [0.1, 0.15) is 25.5 Å². The summed E-state index contributed by atoms with van der Waals surface area (Å²) < 4.78 is 13.0. The van der Waals surface area contributed by atoms with Crippen LogP contribution in [0.4, 0.5) is 5.82 Å². The highest BCUT2D eigenvalue weighted by atomic mass is 16.6. The van der Waals surface area contributed by atoms with E-state index in [2.05, 4.69) is 20.3 Å². The molecule has 2 aliphatic heterocycles. The highest BCUT2D eigenvalue weighted by molar-refractivity contribution is 5.83. The Hall–Kier alpha value is -1.85. The molecule has 2 bridgehead atoms. The van der Waals surface area contributed by atoms with E-state index in [1.807, 2.05) is 0 Å². The van der Waals surface area contributed by atoms with Gasteiger partial charge < -0.3 is 30.1 Å². The smallest absolute Gasteiger partial charge is 0.167 e. The third-order valence-corrected chi connectivity index (χ3v) is 6.64. The zero-order chi connectivity index (χ0) is 18.3. The maximum absolute atomic E-state index is 10.3. The molecular formula is C17H21N5O5. The molecule has 4 heterocycles. The van der Waals surface area contributed by atoms with E-state index >= 15 is 0 Å². The highest BCUT2D eigenvalue weighted by Gasteiger charge is 2.68. The summed E-state index contributed by atoms with van der Waals surface area (Å²) in [4.78, 5) is 13.1. The van der Waals surface area contributed by atoms with Crippen molar-refractivity contribution in [1.82, 2.24) is 19.5 Å². The lowest BCUT2D eigenvalue weighted by atomic mass is 9.93. The monoisotopic (exact) mass is 375 g/mol. The number of hydrogen-bond donors (Lipinski definition) is 4. The van der Waals surface area contributed by atoms with Gasteiger partial charge in [0.1, 0.15) is 30.7 Å². The number of aromatic nitrogens is 4. The van der Waals surface area contributed by atoms with Gasteiger partial charge in [-0.1, -0.05) is 0 Å². The first-order chi connectivity index (χ1) is 13.1. The van der Waals surface area contributed by atoms with Gasteiger partial charge in [0.15, 0.2) is 23.2 Å². The number of ether oxygens (including phenoxy) is 2. The van der Waals surface area contributed by atoms with Crippen molar-refractivity contribution in [2.24, 2.45) is 5.92 Å². The molecule has 4 fully saturated rings. The van der Waals surface area contributed by atoms with Gasteiger partial charge in [-0.2, -0.15) is 0 Å². The van der Waals surface area contributed by atoms with Gasteiger partial charge in [0.05, 0.1) is 24.6 Å². The van der Waals surface area contributed by atoms with Crippen molar-refractivity contribution < 1.29 is 24.8 Å². The summed E-state index contributed by atoms with van der Waals surface area (Å²) in [5.74, 6) is 1.28. The summed E-state index contributed by atoms with van der Waals surface area (Å²) in [6, 6.07) is 0. The number of aliphatic hydroxyl groups is 3. The van der Waals surface area contributed by atoms with Crippen LogP contribution in [0, 0.1) is 5.92 Å². The molecule has 2 saturated heterocycles. The van der Waals surface area contributed by atoms with Crippen LogP contribution in [0.15, 0.2) is 12.7 Å². The SMILES string of the molecule is OC[C@H]1O[C@@H](n2cnc3c(NC45CCC(C4)C4OC45)ncnc32)[C@H](O)[C@@H]1O. The maximum atomic E-state index is 10.3. The second-order valence-electron chi connectivity index (χ2n) is 8.08. The molecule has 8 atom stereocenters. The quantitative estimate of drug-likeness (QED) is 0.504. The van der Waals surface area contributed by atoms with Gasteiger partial charge in [-0.15, -0.1) is 0 Å². The van der Waals surface area contributed by atoms with E-state index in [1.165, 1.54) is 19.1 Å². The van der Waals surface area contributed by atoms with Crippen LogP contribution in [0.3, 0.4) is 0 Å². The largest absolute Gasteiger partial charge is 0.394 e. The van der Waals surface area contributed by atoms with Crippen molar-refractivity contribution in [3.8, 4) is 0 Å². The molecule has 2 aliphatic carbocycles. The fraction of sp³-hybridized carbons (Fsp3) is 0.706. The zero-order valence-electron chi connectivity index (χ0n) is 14.5. The molecule has 27 heavy (non-hydrogen) atoms. The van der Waals surface area contributed by atoms with E-state index in [0.717, 1.165) is 12.8 Å². The van der Waals surface area contributed by atoms with E-state index in [1.54, 1.807) is 4.57 Å². The lowest BCUT2D eigenvalue weighted by Crippen LogP contribution is -2.40. The van der Waals surface area contributed by atoms with Crippen molar-refractivity contribution in [2.45, 2.75) is 61.5 Å². The Morgan fingerprint density at radius 1 is 1.22 bits per heavy atom. The van der Waals surface area contributed by atoms with Crippen molar-refractivity contribution in [1.29, 1.82) is 0 Å². The van der Waals surface area contributed by atoms with Crippen LogP contribution in [0.5, 0.6) is 0 Å². The van der Waals surface area contributed by atoms with E-state index in [9.17, 15) is 15.3 Å². The molecule has 0 radical (unpaired) electrons. The highest BCUT2D eigenvalue weighted by Crippen LogP contribution is 2.59. The Morgan fingerprint density at radius 3 is 2.85 bits per heavy atom. The molecule has 4 aliphatic rings. The Labute approximate surface area is 154 Å². The van der Waals surface area contributed by atoms with Gasteiger partial charge in [0.2, 0.25) is 0 Å². The van der Waals surface area contributed by atoms with E-state index in [0.29, 0.717) is 29.0 Å². The van der Waals surface area contributed by atoms with Crippen LogP contribution in [-0.4, -0.2) is 77.5 Å². The fourth-order valence-corrected chi connectivity index (χ4v) is 5.24. The molecule has 0 aromatic carbocycles. The van der Waals surface area contributed by atoms with Crippen LogP contribution in [-0.2, 0) is 9.47 Å². The number of hydrogen-bond acceptors (Lipinski definition) is 9. The predicted octanol–water partition coefficient (Wildman–Crippen LogP) is -0.830. The molecule has 144 valence electrons. The van der Waals surface area contributed by atoms with Gasteiger partial charge in [-0.05, 0) is 25.2 Å². The lowest BCUT2D eigenvalue weighted by Gasteiger charge is -2.28. The number of anilines is 1. The minimum absolute atomic E-state index is 0.0814. The molecule has 6 rings (SSSR count). The van der Waals surface area contributed by atoms with Crippen molar-refractivity contribution in [2.75, 3.05) is 11.9 Å². The molecule has 4 unspecified atom stereocenters. The summed E-state index contributed by atoms with van der Waals surface area (Å²) in [5, 5.41) is 33.2. The third kappa shape index (κ3) is 2.10. The number of rotatable bonds is 4. The van der Waals surface area contributed by atoms with Crippen molar-refractivity contribution >= 4 is 17.0 Å². The summed E-state index contributed by atoms with van der Waals surface area (Å²) >= 11 is 0. The Bertz CT molecular complexity index is 907. The first-order valence-electron chi connectivity index (χ1n) is 9.35. The first-order valence-corrected chi connectivity index (χ1v) is 9.35. The van der Waals surface area contributed by atoms with Gasteiger partial charge >= 0.3 is 0 Å². The summed E-state index contributed by atoms with van der Waals surface area (Å²) in [6.07, 6.45) is 2.84. The molecule has 10 nitrogen and oxygen atoms in total. The predicted molar refractivity (Wildman–Crippen MR) is 90.7 cm³/mol. The molecule has 2 aromatic rings. The number of epoxide rings is 1. The summed E-state index contributed by atoms with van der Waals surface area (Å²) in [5.41, 5.74) is 0.999. The van der Waals surface area contributed by atoms with Crippen molar-refractivity contribution in [3.63, 3.8) is 0 Å². The fourth-order valence-electron chi connectivity index (χ4n) is 5.24. The lowest BCUT2D eigenvalue weighted by molar-refractivity contribution is -0.0511. The van der Waals surface area contributed by atoms with Crippen LogP contribution in [0.25, 0.3) is 11.2 Å². The van der Waals surface area contributed by atoms with Gasteiger partial charge in [0.25, 0.3) is 0 Å². The molecule has 0 amide bonds. The standard InChI is InChI=1S/C17H21N5O5/c23-4-8-10(24)11(25)16(26-8)22-6-20-9-14(18-5-19-15(9)22)21-17-2-1-7(3-17)12-13(17)27-12/h5-8,10-13,16,23-25H,1-4H2,(H,18,19,21)/t7?,8-,10-,11-,12?,13?,16-,17?/m1/s1. The average molecular weight is 375 g/mol. The van der Waals surface area contributed by atoms with Gasteiger partial charge in [0, 0.05) is 0 Å².